The van der Waals surface area contributed by atoms with Crippen molar-refractivity contribution in [2.45, 2.75) is 19.8 Å². The number of hydrogen-bond donors (Lipinski definition) is 1. The van der Waals surface area contributed by atoms with Gasteiger partial charge in [0.2, 0.25) is 0 Å². The summed E-state index contributed by atoms with van der Waals surface area (Å²) >= 11 is 6.64. The summed E-state index contributed by atoms with van der Waals surface area (Å²) in [6.07, 6.45) is 0. The van der Waals surface area contributed by atoms with Gasteiger partial charge in [0.15, 0.2) is 6.61 Å². The number of halogens is 2. The molecule has 1 amide bonds. The fraction of sp³-hybridized carbons (Fsp3) is 0.235. The molecule has 8 heteroatoms. The molecular formula is C17H16Br2N2O4. The zero-order valence-electron chi connectivity index (χ0n) is 13.6. The zero-order valence-corrected chi connectivity index (χ0v) is 16.8. The molecule has 0 atom stereocenters. The molecule has 0 radical (unpaired) electrons. The van der Waals surface area contributed by atoms with Crippen LogP contribution in [0.15, 0.2) is 45.3 Å². The van der Waals surface area contributed by atoms with Gasteiger partial charge in [0.05, 0.1) is 10.6 Å². The van der Waals surface area contributed by atoms with Crippen molar-refractivity contribution in [1.82, 2.24) is 0 Å². The summed E-state index contributed by atoms with van der Waals surface area (Å²) in [7, 11) is 0. The summed E-state index contributed by atoms with van der Waals surface area (Å²) in [6, 6.07) is 9.76. The molecule has 6 nitrogen and oxygen atoms in total. The predicted octanol–water partition coefficient (Wildman–Crippen LogP) is 5.26. The van der Waals surface area contributed by atoms with E-state index in [0.717, 1.165) is 10.0 Å². The van der Waals surface area contributed by atoms with Crippen molar-refractivity contribution in [3.05, 3.63) is 61.0 Å². The molecule has 0 heterocycles. The minimum absolute atomic E-state index is 0.0578. The van der Waals surface area contributed by atoms with Crippen molar-refractivity contribution in [3.8, 4) is 5.75 Å². The topological polar surface area (TPSA) is 81.5 Å². The number of anilines is 1. The van der Waals surface area contributed by atoms with E-state index >= 15 is 0 Å². The van der Waals surface area contributed by atoms with Crippen molar-refractivity contribution >= 4 is 49.1 Å². The maximum absolute atomic E-state index is 12.1. The van der Waals surface area contributed by atoms with E-state index in [1.807, 2.05) is 32.0 Å². The lowest BCUT2D eigenvalue weighted by Crippen LogP contribution is -2.20. The lowest BCUT2D eigenvalue weighted by Gasteiger charge is -2.14. The third-order valence-electron chi connectivity index (χ3n) is 3.39. The third kappa shape index (κ3) is 5.27. The minimum Gasteiger partial charge on any atom is -0.483 e. The molecule has 0 spiro atoms. The molecule has 0 unspecified atom stereocenters. The first-order valence-electron chi connectivity index (χ1n) is 7.44. The van der Waals surface area contributed by atoms with Crippen LogP contribution in [0.1, 0.15) is 25.3 Å². The number of amides is 1. The highest BCUT2D eigenvalue weighted by Crippen LogP contribution is 2.30. The second-order valence-corrected chi connectivity index (χ2v) is 7.36. The highest BCUT2D eigenvalue weighted by Gasteiger charge is 2.13. The number of nitro groups is 1. The van der Waals surface area contributed by atoms with Gasteiger partial charge in [0, 0.05) is 21.1 Å². The smallest absolute Gasteiger partial charge is 0.270 e. The molecule has 0 saturated carbocycles. The molecule has 0 bridgehead atoms. The van der Waals surface area contributed by atoms with Crippen LogP contribution in [0.5, 0.6) is 5.75 Å². The van der Waals surface area contributed by atoms with Crippen LogP contribution >= 0.6 is 31.9 Å². The largest absolute Gasteiger partial charge is 0.483 e. The van der Waals surface area contributed by atoms with E-state index in [2.05, 4.69) is 37.2 Å². The zero-order chi connectivity index (χ0) is 18.6. The van der Waals surface area contributed by atoms with Gasteiger partial charge in [-0.1, -0.05) is 29.8 Å². The van der Waals surface area contributed by atoms with Crippen molar-refractivity contribution in [2.24, 2.45) is 0 Å². The highest BCUT2D eigenvalue weighted by atomic mass is 79.9. The van der Waals surface area contributed by atoms with E-state index < -0.39 is 4.92 Å². The molecule has 0 aliphatic rings. The van der Waals surface area contributed by atoms with Crippen molar-refractivity contribution in [1.29, 1.82) is 0 Å². The Balaban J connectivity index is 2.03. The lowest BCUT2D eigenvalue weighted by atomic mass is 10.0. The first-order chi connectivity index (χ1) is 11.8. The molecule has 0 aliphatic carbocycles. The Hall–Kier alpha value is -1.93. The van der Waals surface area contributed by atoms with Crippen LogP contribution in [0.25, 0.3) is 0 Å². The summed E-state index contributed by atoms with van der Waals surface area (Å²) in [4.78, 5) is 22.3. The number of carbonyl (C=O) groups is 1. The maximum atomic E-state index is 12.1. The average molecular weight is 472 g/mol. The van der Waals surface area contributed by atoms with Crippen LogP contribution < -0.4 is 10.1 Å². The van der Waals surface area contributed by atoms with Crippen LogP contribution in [0.4, 0.5) is 11.4 Å². The minimum atomic E-state index is -0.500. The fourth-order valence-corrected chi connectivity index (χ4v) is 3.00. The molecule has 132 valence electrons. The summed E-state index contributed by atoms with van der Waals surface area (Å²) in [5, 5.41) is 13.4. The number of nitro benzene ring substituents is 1. The van der Waals surface area contributed by atoms with E-state index in [1.165, 1.54) is 18.2 Å². The Morgan fingerprint density at radius 3 is 2.56 bits per heavy atom. The van der Waals surface area contributed by atoms with Crippen molar-refractivity contribution in [2.75, 3.05) is 11.9 Å². The SMILES string of the molecule is CC(C)c1cc(Br)ccc1OCC(=O)Nc1ccc([N+](=O)[O-])cc1Br. The second-order valence-electron chi connectivity index (χ2n) is 5.59. The fourth-order valence-electron chi connectivity index (χ4n) is 2.15. The first-order valence-corrected chi connectivity index (χ1v) is 9.02. The van der Waals surface area contributed by atoms with Crippen LogP contribution in [-0.2, 0) is 4.79 Å². The number of nitrogens with one attached hydrogen (secondary N) is 1. The molecular weight excluding hydrogens is 456 g/mol. The number of non-ortho nitro benzene ring substituents is 1. The molecule has 25 heavy (non-hydrogen) atoms. The number of rotatable bonds is 6. The summed E-state index contributed by atoms with van der Waals surface area (Å²) in [6.45, 7) is 3.93. The number of nitrogens with zero attached hydrogens (tertiary/aromatic N) is 1. The van der Waals surface area contributed by atoms with Crippen molar-refractivity contribution in [3.63, 3.8) is 0 Å². The Bertz CT molecular complexity index is 809. The molecule has 0 aliphatic heterocycles. The van der Waals surface area contributed by atoms with E-state index in [-0.39, 0.29) is 24.1 Å². The second kappa shape index (κ2) is 8.44. The van der Waals surface area contributed by atoms with Crippen LogP contribution in [-0.4, -0.2) is 17.4 Å². The van der Waals surface area contributed by atoms with Crippen molar-refractivity contribution < 1.29 is 14.5 Å². The summed E-state index contributed by atoms with van der Waals surface area (Å²) in [5.74, 6) is 0.544. The predicted molar refractivity (Wildman–Crippen MR) is 103 cm³/mol. The lowest BCUT2D eigenvalue weighted by molar-refractivity contribution is -0.384. The Morgan fingerprint density at radius 2 is 1.96 bits per heavy atom. The van der Waals surface area contributed by atoms with Gasteiger partial charge >= 0.3 is 0 Å². The van der Waals surface area contributed by atoms with Gasteiger partial charge in [-0.15, -0.1) is 0 Å². The van der Waals surface area contributed by atoms with Gasteiger partial charge < -0.3 is 10.1 Å². The molecule has 0 saturated heterocycles. The van der Waals surface area contributed by atoms with Crippen LogP contribution in [0.2, 0.25) is 0 Å². The first kappa shape index (κ1) is 19.4. The average Bonchev–Trinajstić information content (AvgIpc) is 2.55. The number of ether oxygens (including phenoxy) is 1. The molecule has 2 aromatic carbocycles. The summed E-state index contributed by atoms with van der Waals surface area (Å²) in [5.41, 5.74) is 1.38. The molecule has 2 aromatic rings. The van der Waals surface area contributed by atoms with Gasteiger partial charge in [-0.05, 0) is 51.7 Å². The highest BCUT2D eigenvalue weighted by molar-refractivity contribution is 9.10. The third-order valence-corrected chi connectivity index (χ3v) is 4.54. The Morgan fingerprint density at radius 1 is 1.24 bits per heavy atom. The standard InChI is InChI=1S/C17H16Br2N2O4/c1-10(2)13-7-11(18)3-6-16(13)25-9-17(22)20-15-5-4-12(21(23)24)8-14(15)19/h3-8,10H,9H2,1-2H3,(H,20,22). The number of carbonyl (C=O) groups excluding carboxylic acids is 1. The summed E-state index contributed by atoms with van der Waals surface area (Å²) < 4.78 is 7.01. The normalized spacial score (nSPS) is 10.6. The Labute approximate surface area is 162 Å². The molecule has 0 fully saturated rings. The number of hydrogen-bond acceptors (Lipinski definition) is 4. The van der Waals surface area contributed by atoms with Crippen LogP contribution in [0.3, 0.4) is 0 Å². The monoisotopic (exact) mass is 470 g/mol. The molecule has 0 aromatic heterocycles. The van der Waals surface area contributed by atoms with E-state index in [1.54, 1.807) is 0 Å². The van der Waals surface area contributed by atoms with Gasteiger partial charge in [0.25, 0.3) is 11.6 Å². The van der Waals surface area contributed by atoms with E-state index in [4.69, 9.17) is 4.74 Å². The van der Waals surface area contributed by atoms with E-state index in [0.29, 0.717) is 15.9 Å². The Kier molecular flexibility index (Phi) is 6.55. The van der Waals surface area contributed by atoms with Crippen LogP contribution in [0, 0.1) is 10.1 Å². The maximum Gasteiger partial charge on any atom is 0.270 e. The van der Waals surface area contributed by atoms with Gasteiger partial charge in [-0.25, -0.2) is 0 Å². The quantitative estimate of drug-likeness (QED) is 0.460. The molecule has 1 N–H and O–H groups in total. The number of benzene rings is 2. The van der Waals surface area contributed by atoms with Gasteiger partial charge in [-0.3, -0.25) is 14.9 Å². The molecule has 2 rings (SSSR count). The van der Waals surface area contributed by atoms with E-state index in [9.17, 15) is 14.9 Å². The van der Waals surface area contributed by atoms with Gasteiger partial charge in [0.1, 0.15) is 5.75 Å². The van der Waals surface area contributed by atoms with Gasteiger partial charge in [-0.2, -0.15) is 0 Å².